The number of amides is 1. The summed E-state index contributed by atoms with van der Waals surface area (Å²) in [6.07, 6.45) is 0. The average molecular weight is 325 g/mol. The van der Waals surface area contributed by atoms with E-state index in [1.54, 1.807) is 18.2 Å². The third-order valence-electron chi connectivity index (χ3n) is 2.42. The molecule has 0 bridgehead atoms. The minimum Gasteiger partial charge on any atom is -0.450 e. The molecule has 0 saturated carbocycles. The second-order valence-electron chi connectivity index (χ2n) is 4.03. The van der Waals surface area contributed by atoms with Crippen LogP contribution in [0.5, 0.6) is 0 Å². The van der Waals surface area contributed by atoms with Crippen molar-refractivity contribution in [2.45, 2.75) is 0 Å². The number of carbonyl (C=O) groups excluding carboxylic acids is 2. The van der Waals surface area contributed by atoms with Gasteiger partial charge in [0.2, 0.25) is 5.76 Å². The highest BCUT2D eigenvalue weighted by atomic mass is 35.5. The Morgan fingerprint density at radius 2 is 2.09 bits per heavy atom. The Kier molecular flexibility index (Phi) is 4.74. The van der Waals surface area contributed by atoms with Crippen LogP contribution in [0.4, 0.5) is 11.6 Å². The number of nitrogens with one attached hydrogen (secondary N) is 1. The van der Waals surface area contributed by atoms with Crippen LogP contribution in [-0.4, -0.2) is 23.4 Å². The number of esters is 1. The lowest BCUT2D eigenvalue weighted by Crippen LogP contribution is -2.20. The zero-order valence-electron chi connectivity index (χ0n) is 10.9. The Morgan fingerprint density at radius 3 is 2.73 bits per heavy atom. The van der Waals surface area contributed by atoms with E-state index in [0.29, 0.717) is 10.7 Å². The van der Waals surface area contributed by atoms with Crippen LogP contribution in [0.25, 0.3) is 0 Å². The Morgan fingerprint density at radius 1 is 1.32 bits per heavy atom. The van der Waals surface area contributed by atoms with E-state index < -0.39 is 29.3 Å². The predicted octanol–water partition coefficient (Wildman–Crippen LogP) is 2.64. The number of carbonyl (C=O) groups is 2. The molecule has 0 aliphatic carbocycles. The molecular formula is C13H9ClN2O6. The summed E-state index contributed by atoms with van der Waals surface area (Å²) in [4.78, 5) is 32.8. The van der Waals surface area contributed by atoms with Crippen molar-refractivity contribution in [2.24, 2.45) is 0 Å². The minimum absolute atomic E-state index is 0.359. The van der Waals surface area contributed by atoms with Crippen LogP contribution in [0.2, 0.25) is 5.02 Å². The number of benzene rings is 1. The van der Waals surface area contributed by atoms with Gasteiger partial charge in [-0.15, -0.1) is 0 Å². The van der Waals surface area contributed by atoms with E-state index in [1.165, 1.54) is 6.07 Å². The molecule has 0 radical (unpaired) electrons. The molecular weight excluding hydrogens is 316 g/mol. The quantitative estimate of drug-likeness (QED) is 0.514. The van der Waals surface area contributed by atoms with Crippen molar-refractivity contribution in [3.05, 3.63) is 57.3 Å². The first-order chi connectivity index (χ1) is 10.5. The van der Waals surface area contributed by atoms with Crippen molar-refractivity contribution >= 4 is 35.0 Å². The molecule has 0 unspecified atom stereocenters. The van der Waals surface area contributed by atoms with Gasteiger partial charge < -0.3 is 14.5 Å². The number of hydrogen-bond donors (Lipinski definition) is 1. The van der Waals surface area contributed by atoms with Gasteiger partial charge in [0, 0.05) is 10.7 Å². The van der Waals surface area contributed by atoms with Crippen molar-refractivity contribution < 1.29 is 23.7 Å². The highest BCUT2D eigenvalue weighted by Gasteiger charge is 2.19. The lowest BCUT2D eigenvalue weighted by atomic mass is 10.3. The predicted molar refractivity (Wildman–Crippen MR) is 75.7 cm³/mol. The van der Waals surface area contributed by atoms with Crippen molar-refractivity contribution in [1.82, 2.24) is 0 Å². The van der Waals surface area contributed by atoms with Gasteiger partial charge in [0.05, 0.1) is 6.07 Å². The van der Waals surface area contributed by atoms with Crippen LogP contribution in [0.3, 0.4) is 0 Å². The van der Waals surface area contributed by atoms with Crippen molar-refractivity contribution in [1.29, 1.82) is 0 Å². The van der Waals surface area contributed by atoms with Crippen LogP contribution in [-0.2, 0) is 9.53 Å². The molecule has 9 heteroatoms. The van der Waals surface area contributed by atoms with Crippen molar-refractivity contribution in [3.63, 3.8) is 0 Å². The highest BCUT2D eigenvalue weighted by molar-refractivity contribution is 6.30. The van der Waals surface area contributed by atoms with Crippen LogP contribution in [0.15, 0.2) is 40.8 Å². The van der Waals surface area contributed by atoms with Gasteiger partial charge in [-0.25, -0.2) is 4.79 Å². The molecule has 0 aliphatic heterocycles. The number of nitro groups is 1. The second-order valence-corrected chi connectivity index (χ2v) is 4.47. The molecule has 8 nitrogen and oxygen atoms in total. The van der Waals surface area contributed by atoms with Gasteiger partial charge in [-0.05, 0) is 24.3 Å². The lowest BCUT2D eigenvalue weighted by Gasteiger charge is -2.05. The minimum atomic E-state index is -0.977. The van der Waals surface area contributed by atoms with Crippen LogP contribution >= 0.6 is 11.6 Å². The monoisotopic (exact) mass is 324 g/mol. The van der Waals surface area contributed by atoms with Crippen molar-refractivity contribution in [3.8, 4) is 0 Å². The highest BCUT2D eigenvalue weighted by Crippen LogP contribution is 2.17. The fourth-order valence-corrected chi connectivity index (χ4v) is 1.69. The summed E-state index contributed by atoms with van der Waals surface area (Å²) in [6, 6.07) is 8.53. The fraction of sp³-hybridized carbons (Fsp3) is 0.0769. The first-order valence-corrected chi connectivity index (χ1v) is 6.30. The summed E-state index contributed by atoms with van der Waals surface area (Å²) in [5.41, 5.74) is 0.446. The van der Waals surface area contributed by atoms with E-state index in [1.807, 2.05) is 0 Å². The third kappa shape index (κ3) is 4.06. The van der Waals surface area contributed by atoms with E-state index >= 15 is 0 Å². The Labute approximate surface area is 128 Å². The summed E-state index contributed by atoms with van der Waals surface area (Å²) < 4.78 is 9.34. The zero-order chi connectivity index (χ0) is 16.1. The Bertz CT molecular complexity index is 727. The van der Waals surface area contributed by atoms with Gasteiger partial charge in [0.1, 0.15) is 4.92 Å². The number of nitrogens with zero attached hydrogens (tertiary/aromatic N) is 1. The van der Waals surface area contributed by atoms with Gasteiger partial charge in [0.15, 0.2) is 6.61 Å². The lowest BCUT2D eigenvalue weighted by molar-refractivity contribution is -0.402. The first kappa shape index (κ1) is 15.5. The molecule has 0 atom stereocenters. The molecule has 0 saturated heterocycles. The van der Waals surface area contributed by atoms with Gasteiger partial charge in [-0.2, -0.15) is 0 Å². The van der Waals surface area contributed by atoms with Gasteiger partial charge in [-0.3, -0.25) is 14.9 Å². The third-order valence-corrected chi connectivity index (χ3v) is 2.65. The molecule has 0 spiro atoms. The Balaban J connectivity index is 1.87. The molecule has 1 amide bonds. The number of furan rings is 1. The normalized spacial score (nSPS) is 10.0. The summed E-state index contributed by atoms with van der Waals surface area (Å²) in [7, 11) is 0. The number of halogens is 1. The fourth-order valence-electron chi connectivity index (χ4n) is 1.50. The van der Waals surface area contributed by atoms with Crippen molar-refractivity contribution in [2.75, 3.05) is 11.9 Å². The summed E-state index contributed by atoms with van der Waals surface area (Å²) >= 11 is 5.76. The van der Waals surface area contributed by atoms with Gasteiger partial charge in [0.25, 0.3) is 5.91 Å². The second kappa shape index (κ2) is 6.72. The molecule has 1 aromatic heterocycles. The molecule has 0 fully saturated rings. The van der Waals surface area contributed by atoms with Crippen LogP contribution in [0.1, 0.15) is 10.6 Å². The van der Waals surface area contributed by atoms with E-state index in [0.717, 1.165) is 12.1 Å². The van der Waals surface area contributed by atoms with E-state index in [4.69, 9.17) is 11.6 Å². The maximum atomic E-state index is 11.6. The number of ether oxygens (including phenoxy) is 1. The van der Waals surface area contributed by atoms with E-state index in [-0.39, 0.29) is 5.76 Å². The zero-order valence-corrected chi connectivity index (χ0v) is 11.7. The summed E-state index contributed by atoms with van der Waals surface area (Å²) in [6.45, 7) is -0.570. The molecule has 2 rings (SSSR count). The maximum absolute atomic E-state index is 11.6. The molecule has 0 aliphatic rings. The number of anilines is 1. The van der Waals surface area contributed by atoms with Crippen LogP contribution in [0, 0.1) is 10.1 Å². The molecule has 1 heterocycles. The number of rotatable bonds is 5. The average Bonchev–Trinajstić information content (AvgIpc) is 2.95. The smallest absolute Gasteiger partial charge is 0.433 e. The van der Waals surface area contributed by atoms with E-state index in [9.17, 15) is 19.7 Å². The standard InChI is InChI=1S/C13H9ClN2O6/c14-8-2-1-3-9(6-8)15-11(17)7-21-13(18)10-4-5-12(22-10)16(19)20/h1-6H,7H2,(H,15,17). The molecule has 22 heavy (non-hydrogen) atoms. The summed E-state index contributed by atoms with van der Waals surface area (Å²) in [5, 5.41) is 13.3. The maximum Gasteiger partial charge on any atom is 0.433 e. The molecule has 1 aromatic carbocycles. The first-order valence-electron chi connectivity index (χ1n) is 5.92. The van der Waals surface area contributed by atoms with Gasteiger partial charge >= 0.3 is 11.9 Å². The molecule has 114 valence electrons. The largest absolute Gasteiger partial charge is 0.450 e. The molecule has 2 aromatic rings. The SMILES string of the molecule is O=C(COC(=O)c1ccc([N+](=O)[O-])o1)Nc1cccc(Cl)c1. The topological polar surface area (TPSA) is 112 Å². The van der Waals surface area contributed by atoms with Gasteiger partial charge in [-0.1, -0.05) is 17.7 Å². The molecule has 1 N–H and O–H groups in total. The summed E-state index contributed by atoms with van der Waals surface area (Å²) in [5.74, 6) is -2.51. The number of hydrogen-bond acceptors (Lipinski definition) is 6. The van der Waals surface area contributed by atoms with Crippen LogP contribution < -0.4 is 5.32 Å². The van der Waals surface area contributed by atoms with E-state index in [2.05, 4.69) is 14.5 Å². The Hall–Kier alpha value is -2.87.